The van der Waals surface area contributed by atoms with Gasteiger partial charge < -0.3 is 14.1 Å². The van der Waals surface area contributed by atoms with Crippen LogP contribution in [0.4, 0.5) is 5.69 Å². The van der Waals surface area contributed by atoms with Gasteiger partial charge in [0.1, 0.15) is 28.8 Å². The van der Waals surface area contributed by atoms with Crippen molar-refractivity contribution < 1.29 is 14.1 Å². The first-order valence-corrected chi connectivity index (χ1v) is 9.17. The first kappa shape index (κ1) is 21.3. The minimum atomic E-state index is -0.749. The fraction of sp³-hybridized carbons (Fsp3) is 0.100. The van der Waals surface area contributed by atoms with E-state index in [1.54, 1.807) is 36.4 Å². The standard InChI is InChI=1S/C20H13Cl2N3O5/c1-29-10-15-14(9-23)20(26)24-17(19(15)25(27)28)6-3-12-4-7-18(30-12)13-8-11(21)2-5-16(13)22/h2-8H,10H2,1H3,(H,24,26). The zero-order valence-corrected chi connectivity index (χ0v) is 17.0. The zero-order chi connectivity index (χ0) is 21.8. The van der Waals surface area contributed by atoms with E-state index in [1.165, 1.54) is 19.3 Å². The van der Waals surface area contributed by atoms with Crippen LogP contribution in [-0.4, -0.2) is 17.0 Å². The molecule has 3 rings (SSSR count). The van der Waals surface area contributed by atoms with Crippen molar-refractivity contribution >= 4 is 41.0 Å². The summed E-state index contributed by atoms with van der Waals surface area (Å²) in [6.07, 6.45) is 2.77. The predicted octanol–water partition coefficient (Wildman–Crippen LogP) is 5.04. The summed E-state index contributed by atoms with van der Waals surface area (Å²) in [7, 11) is 1.31. The Morgan fingerprint density at radius 3 is 2.73 bits per heavy atom. The van der Waals surface area contributed by atoms with Crippen LogP contribution in [0.15, 0.2) is 39.5 Å². The molecular formula is C20H13Cl2N3O5. The second-order valence-corrected chi connectivity index (χ2v) is 6.88. The maximum atomic E-state index is 12.2. The maximum absolute atomic E-state index is 12.2. The van der Waals surface area contributed by atoms with Crippen LogP contribution in [0, 0.1) is 21.4 Å². The summed E-state index contributed by atoms with van der Waals surface area (Å²) in [4.78, 5) is 25.5. The molecule has 2 heterocycles. The van der Waals surface area contributed by atoms with E-state index in [2.05, 4.69) is 4.98 Å². The van der Waals surface area contributed by atoms with Crippen LogP contribution in [0.2, 0.25) is 10.0 Å². The van der Waals surface area contributed by atoms with Crippen LogP contribution in [0.5, 0.6) is 0 Å². The fourth-order valence-corrected chi connectivity index (χ4v) is 3.22. The van der Waals surface area contributed by atoms with Crippen molar-refractivity contribution in [3.05, 3.63) is 83.4 Å². The fourth-order valence-electron chi connectivity index (χ4n) is 2.83. The van der Waals surface area contributed by atoms with E-state index in [4.69, 9.17) is 32.4 Å². The first-order valence-electron chi connectivity index (χ1n) is 8.41. The third-order valence-corrected chi connectivity index (χ3v) is 4.70. The number of ether oxygens (including phenoxy) is 1. The summed E-state index contributed by atoms with van der Waals surface area (Å²) in [5.41, 5.74) is -1.14. The topological polar surface area (TPSA) is 122 Å². The van der Waals surface area contributed by atoms with Gasteiger partial charge in [-0.15, -0.1) is 0 Å². The quantitative estimate of drug-likeness (QED) is 0.418. The van der Waals surface area contributed by atoms with Crippen molar-refractivity contribution in [2.75, 3.05) is 7.11 Å². The van der Waals surface area contributed by atoms with Gasteiger partial charge in [-0.1, -0.05) is 23.2 Å². The highest BCUT2D eigenvalue weighted by Gasteiger charge is 2.25. The molecule has 10 heteroatoms. The Hall–Kier alpha value is -3.38. The molecule has 0 saturated heterocycles. The molecule has 2 aromatic heterocycles. The van der Waals surface area contributed by atoms with Gasteiger partial charge in [0, 0.05) is 17.7 Å². The average Bonchev–Trinajstić information content (AvgIpc) is 3.17. The summed E-state index contributed by atoms with van der Waals surface area (Å²) >= 11 is 12.2. The number of nitriles is 1. The molecule has 152 valence electrons. The molecule has 0 atom stereocenters. The SMILES string of the molecule is COCc1c([N+](=O)[O-])c(C=Cc2ccc(-c3cc(Cl)ccc3Cl)o2)[nH]c(=O)c1C#N. The molecule has 30 heavy (non-hydrogen) atoms. The Morgan fingerprint density at radius 2 is 2.07 bits per heavy atom. The molecule has 8 nitrogen and oxygen atoms in total. The summed E-state index contributed by atoms with van der Waals surface area (Å²) in [5, 5.41) is 21.7. The third kappa shape index (κ3) is 4.28. The highest BCUT2D eigenvalue weighted by molar-refractivity contribution is 6.35. The molecule has 0 unspecified atom stereocenters. The number of furan rings is 1. The lowest BCUT2D eigenvalue weighted by atomic mass is 10.1. The lowest BCUT2D eigenvalue weighted by molar-refractivity contribution is -0.386. The molecular weight excluding hydrogens is 433 g/mol. The number of hydrogen-bond acceptors (Lipinski definition) is 6. The first-order chi connectivity index (χ1) is 14.3. The largest absolute Gasteiger partial charge is 0.457 e. The smallest absolute Gasteiger partial charge is 0.299 e. The van der Waals surface area contributed by atoms with Crippen molar-refractivity contribution in [1.29, 1.82) is 5.26 Å². The van der Waals surface area contributed by atoms with E-state index in [-0.39, 0.29) is 23.4 Å². The summed E-state index contributed by atoms with van der Waals surface area (Å²) in [5.74, 6) is 0.805. The van der Waals surface area contributed by atoms with Gasteiger partial charge in [0.15, 0.2) is 0 Å². The molecule has 1 aromatic carbocycles. The Balaban J connectivity index is 2.04. The molecule has 0 amide bonds. The Kier molecular flexibility index (Phi) is 6.37. The number of nitrogens with one attached hydrogen (secondary N) is 1. The van der Waals surface area contributed by atoms with Crippen molar-refractivity contribution in [1.82, 2.24) is 4.98 Å². The Labute approximate surface area is 180 Å². The lowest BCUT2D eigenvalue weighted by Gasteiger charge is -2.06. The lowest BCUT2D eigenvalue weighted by Crippen LogP contribution is -2.18. The van der Waals surface area contributed by atoms with Crippen LogP contribution < -0.4 is 5.56 Å². The molecule has 3 aromatic rings. The number of H-pyrrole nitrogens is 1. The van der Waals surface area contributed by atoms with Gasteiger partial charge in [-0.3, -0.25) is 14.9 Å². The number of hydrogen-bond donors (Lipinski definition) is 1. The monoisotopic (exact) mass is 445 g/mol. The van der Waals surface area contributed by atoms with Crippen LogP contribution in [-0.2, 0) is 11.3 Å². The van der Waals surface area contributed by atoms with E-state index in [9.17, 15) is 20.2 Å². The van der Waals surface area contributed by atoms with E-state index in [1.807, 2.05) is 0 Å². The van der Waals surface area contributed by atoms with Gasteiger partial charge in [0.25, 0.3) is 11.2 Å². The van der Waals surface area contributed by atoms with Gasteiger partial charge in [-0.25, -0.2) is 0 Å². The van der Waals surface area contributed by atoms with Gasteiger partial charge >= 0.3 is 0 Å². The normalized spacial score (nSPS) is 11.0. The minimum Gasteiger partial charge on any atom is -0.457 e. The Morgan fingerprint density at radius 1 is 1.30 bits per heavy atom. The van der Waals surface area contributed by atoms with Crippen LogP contribution in [0.1, 0.15) is 22.6 Å². The second kappa shape index (κ2) is 8.97. The second-order valence-electron chi connectivity index (χ2n) is 6.03. The molecule has 0 radical (unpaired) electrons. The molecule has 1 N–H and O–H groups in total. The highest BCUT2D eigenvalue weighted by Crippen LogP contribution is 2.32. The Bertz CT molecular complexity index is 1250. The van der Waals surface area contributed by atoms with Gasteiger partial charge in [0.2, 0.25) is 0 Å². The number of benzene rings is 1. The zero-order valence-electron chi connectivity index (χ0n) is 15.4. The number of nitro groups is 1. The summed E-state index contributed by atoms with van der Waals surface area (Å²) in [6.45, 7) is -0.262. The predicted molar refractivity (Wildman–Crippen MR) is 112 cm³/mol. The molecule has 0 aliphatic heterocycles. The van der Waals surface area contributed by atoms with E-state index >= 15 is 0 Å². The summed E-state index contributed by atoms with van der Waals surface area (Å²) in [6, 6.07) is 9.92. The minimum absolute atomic E-state index is 0.0882. The molecule has 0 spiro atoms. The van der Waals surface area contributed by atoms with E-state index in [0.717, 1.165) is 0 Å². The van der Waals surface area contributed by atoms with Gasteiger partial charge in [-0.05, 0) is 42.5 Å². The van der Waals surface area contributed by atoms with E-state index < -0.39 is 16.2 Å². The molecule has 0 bridgehead atoms. The van der Waals surface area contributed by atoms with Crippen molar-refractivity contribution in [3.63, 3.8) is 0 Å². The number of nitrogens with zero attached hydrogens (tertiary/aromatic N) is 2. The van der Waals surface area contributed by atoms with Crippen molar-refractivity contribution in [3.8, 4) is 17.4 Å². The molecule has 0 aliphatic carbocycles. The number of rotatable bonds is 6. The van der Waals surface area contributed by atoms with Crippen LogP contribution >= 0.6 is 23.2 Å². The third-order valence-electron chi connectivity index (χ3n) is 4.14. The number of aromatic amines is 1. The molecule has 0 saturated carbocycles. The maximum Gasteiger partial charge on any atom is 0.299 e. The number of pyridine rings is 1. The van der Waals surface area contributed by atoms with Crippen LogP contribution in [0.25, 0.3) is 23.5 Å². The number of methoxy groups -OCH3 is 1. The van der Waals surface area contributed by atoms with Gasteiger partial charge in [-0.2, -0.15) is 5.26 Å². The van der Waals surface area contributed by atoms with E-state index in [0.29, 0.717) is 27.1 Å². The molecule has 0 aliphatic rings. The van der Waals surface area contributed by atoms with Crippen LogP contribution in [0.3, 0.4) is 0 Å². The number of halogens is 2. The number of aromatic nitrogens is 1. The van der Waals surface area contributed by atoms with Gasteiger partial charge in [0.05, 0.1) is 22.1 Å². The van der Waals surface area contributed by atoms with Crippen molar-refractivity contribution in [2.24, 2.45) is 0 Å². The molecule has 0 fully saturated rings. The average molecular weight is 446 g/mol. The summed E-state index contributed by atoms with van der Waals surface area (Å²) < 4.78 is 10.6. The highest BCUT2D eigenvalue weighted by atomic mass is 35.5. The van der Waals surface area contributed by atoms with Crippen molar-refractivity contribution in [2.45, 2.75) is 6.61 Å².